The van der Waals surface area contributed by atoms with E-state index in [0.717, 1.165) is 11.3 Å². The van der Waals surface area contributed by atoms with Crippen molar-refractivity contribution in [2.75, 3.05) is 38.8 Å². The summed E-state index contributed by atoms with van der Waals surface area (Å²) in [6, 6.07) is 10.3. The lowest BCUT2D eigenvalue weighted by molar-refractivity contribution is -0.122. The Morgan fingerprint density at radius 3 is 2.36 bits per heavy atom. The van der Waals surface area contributed by atoms with Crippen molar-refractivity contribution in [3.8, 4) is 49.2 Å². The zero-order chi connectivity index (χ0) is 53.5. The first kappa shape index (κ1) is 53.3. The molecule has 1 aromatic carbocycles. The molecule has 9 rings (SSSR count). The van der Waals surface area contributed by atoms with Crippen LogP contribution in [0, 0.1) is 0 Å². The number of nitrogens with one attached hydrogen (secondary N) is 5. The Kier molecular flexibility index (Phi) is 16.8. The number of aliphatic imine (C=N–C) groups is 1. The van der Waals surface area contributed by atoms with Crippen LogP contribution in [0.3, 0.4) is 0 Å². The van der Waals surface area contributed by atoms with Crippen molar-refractivity contribution in [1.29, 1.82) is 0 Å². The van der Waals surface area contributed by atoms with Gasteiger partial charge in [-0.15, -0.1) is 57.1 Å². The van der Waals surface area contributed by atoms with Crippen molar-refractivity contribution in [2.24, 2.45) is 4.99 Å². The molecule has 23 nitrogen and oxygen atoms in total. The molecule has 0 radical (unpaired) electrons. The molecule has 0 unspecified atom stereocenters. The van der Waals surface area contributed by atoms with Gasteiger partial charge in [-0.2, -0.15) is 0 Å². The summed E-state index contributed by atoms with van der Waals surface area (Å²) in [5.41, 5.74) is 2.52. The average Bonchev–Trinajstić information content (AvgIpc) is 4.31. The molecule has 0 fully saturated rings. The molecule has 7 N–H and O–H groups in total. The van der Waals surface area contributed by atoms with Gasteiger partial charge in [-0.3, -0.25) is 33.5 Å². The normalized spacial score (nSPS) is 16.8. The molecule has 29 heteroatoms. The van der Waals surface area contributed by atoms with Crippen molar-refractivity contribution in [2.45, 2.75) is 37.6 Å². The van der Waals surface area contributed by atoms with Crippen LogP contribution in [0.5, 0.6) is 0 Å². The number of anilines is 1. The highest BCUT2D eigenvalue weighted by atomic mass is 32.2. The maximum absolute atomic E-state index is 14.1. The second-order valence-corrected chi connectivity index (χ2v) is 21.8. The van der Waals surface area contributed by atoms with Gasteiger partial charge < -0.3 is 41.5 Å². The number of benzene rings is 1. The molecule has 8 aromatic rings. The van der Waals surface area contributed by atoms with E-state index in [2.05, 4.69) is 41.5 Å². The molecule has 0 saturated heterocycles. The number of aliphatic hydroxyl groups excluding tert-OH is 1. The zero-order valence-electron chi connectivity index (χ0n) is 40.0. The Bertz CT molecular complexity index is 3490. The number of aromatic carboxylic acids is 1. The fourth-order valence-corrected chi connectivity index (χ4v) is 12.6. The molecule has 1 aliphatic heterocycles. The number of nitrogens with zero attached hydrogens (tertiary/aromatic N) is 9. The number of carboxylic acid groups (broad SMARTS) is 1. The third-order valence-electron chi connectivity index (χ3n) is 11.1. The number of amides is 5. The van der Waals surface area contributed by atoms with E-state index in [1.165, 1.54) is 95.4 Å². The molecular formula is C47H42N14O9S6. The van der Waals surface area contributed by atoms with E-state index in [-0.39, 0.29) is 53.3 Å². The van der Waals surface area contributed by atoms with Crippen LogP contribution in [0.25, 0.3) is 49.2 Å². The van der Waals surface area contributed by atoms with E-state index < -0.39 is 54.3 Å². The van der Waals surface area contributed by atoms with Crippen molar-refractivity contribution in [1.82, 2.24) is 60.7 Å². The first-order valence-corrected chi connectivity index (χ1v) is 27.9. The molecule has 76 heavy (non-hydrogen) atoms. The topological polar surface area (TPSA) is 320 Å². The van der Waals surface area contributed by atoms with E-state index in [1.54, 1.807) is 64.0 Å². The number of methoxy groups -OCH3 is 1. The number of rotatable bonds is 9. The van der Waals surface area contributed by atoms with Gasteiger partial charge in [0, 0.05) is 66.7 Å². The highest BCUT2D eigenvalue weighted by molar-refractivity contribution is 8.14. The zero-order valence-corrected chi connectivity index (χ0v) is 44.9. The summed E-state index contributed by atoms with van der Waals surface area (Å²) in [7, 11) is 4.43. The highest BCUT2D eigenvalue weighted by Gasteiger charge is 2.30. The highest BCUT2D eigenvalue weighted by Crippen LogP contribution is 2.39. The summed E-state index contributed by atoms with van der Waals surface area (Å²) >= 11 is 7.10. The van der Waals surface area contributed by atoms with Gasteiger partial charge in [0.2, 0.25) is 17.7 Å². The van der Waals surface area contributed by atoms with Crippen LogP contribution in [0.2, 0.25) is 0 Å². The largest absolute Gasteiger partial charge is 0.476 e. The summed E-state index contributed by atoms with van der Waals surface area (Å²) in [5.74, 6) is -3.34. The number of hydrogen-bond acceptors (Lipinski definition) is 22. The van der Waals surface area contributed by atoms with E-state index >= 15 is 0 Å². The summed E-state index contributed by atoms with van der Waals surface area (Å²) in [4.78, 5) is 116. The number of aliphatic hydroxyl groups is 1. The average molecular weight is 1140 g/mol. The van der Waals surface area contributed by atoms with E-state index in [9.17, 15) is 39.0 Å². The first-order valence-electron chi connectivity index (χ1n) is 22.6. The number of carboxylic acids is 1. The number of imidazole rings is 1. The molecule has 8 heterocycles. The van der Waals surface area contributed by atoms with E-state index in [0.29, 0.717) is 69.7 Å². The van der Waals surface area contributed by atoms with Crippen LogP contribution < -0.4 is 26.6 Å². The van der Waals surface area contributed by atoms with Crippen LogP contribution in [0.1, 0.15) is 71.9 Å². The third kappa shape index (κ3) is 12.3. The number of carbonyl (C=O) groups excluding carboxylic acids is 5. The van der Waals surface area contributed by atoms with Gasteiger partial charge in [-0.25, -0.2) is 39.7 Å². The Morgan fingerprint density at radius 1 is 0.842 bits per heavy atom. The number of thiazole rings is 5. The van der Waals surface area contributed by atoms with E-state index in [4.69, 9.17) is 29.7 Å². The number of hydrogen-bond donors (Lipinski definition) is 7. The Morgan fingerprint density at radius 2 is 1.59 bits per heavy atom. The van der Waals surface area contributed by atoms with Crippen molar-refractivity contribution < 1.29 is 43.7 Å². The minimum absolute atomic E-state index is 0.0158. The second-order valence-electron chi connectivity index (χ2n) is 16.1. The maximum atomic E-state index is 14.1. The Balaban J connectivity index is 1.10. The number of aromatic nitrogens is 8. The summed E-state index contributed by atoms with van der Waals surface area (Å²) in [6.07, 6.45) is 1.22. The molecule has 0 saturated carbocycles. The van der Waals surface area contributed by atoms with Crippen LogP contribution in [-0.4, -0.2) is 130 Å². The lowest BCUT2D eigenvalue weighted by Gasteiger charge is -2.23. The van der Waals surface area contributed by atoms with E-state index in [1.807, 2.05) is 0 Å². The van der Waals surface area contributed by atoms with Crippen molar-refractivity contribution in [3.63, 3.8) is 0 Å². The predicted molar refractivity (Wildman–Crippen MR) is 289 cm³/mol. The molecule has 0 spiro atoms. The number of ether oxygens (including phenoxy) is 1. The number of fused-ring (bicyclic) bond motifs is 12. The van der Waals surface area contributed by atoms with Crippen LogP contribution in [-0.2, 0) is 25.7 Å². The smallest absolute Gasteiger partial charge is 0.356 e. The minimum Gasteiger partial charge on any atom is -0.476 e. The van der Waals surface area contributed by atoms with Crippen LogP contribution in [0.4, 0.5) is 5.13 Å². The Hall–Kier alpha value is -7.51. The number of thioether (sulfide) groups is 1. The van der Waals surface area contributed by atoms with Gasteiger partial charge >= 0.3 is 5.97 Å². The lowest BCUT2D eigenvalue weighted by atomic mass is 10.0. The second kappa shape index (κ2) is 24.0. The quantitative estimate of drug-likeness (QED) is 0.0908. The van der Waals surface area contributed by atoms with Gasteiger partial charge in [0.25, 0.3) is 11.8 Å². The molecule has 1 aliphatic rings. The van der Waals surface area contributed by atoms with Crippen molar-refractivity contribution >= 4 is 114 Å². The number of carbonyl (C=O) groups is 6. The molecule has 7 aromatic heterocycles. The molecule has 390 valence electrons. The maximum Gasteiger partial charge on any atom is 0.356 e. The SMILES string of the molecule is C/N=C1\SCCC(=O)Nc2nc(c(COC)s2)C(=O)NCC(=O)N[C@@H]([C@@H](O)c2ccccc2)c2nc(cs2)-c2nc(cs2)-c2nc(-c3nc(-n4cnc(C(=O)O)c4)cs3)ccc2-c2nc(cs2)C(=O)N[C@H]1CC(=O)NC. The van der Waals surface area contributed by atoms with Crippen LogP contribution >= 0.6 is 68.4 Å². The fraction of sp³-hybridized carbons (Fsp3) is 0.234. The van der Waals surface area contributed by atoms with Crippen LogP contribution in [0.15, 0.2) is 81.5 Å². The Labute approximate surface area is 455 Å². The molecule has 8 bridgehead atoms. The fourth-order valence-electron chi connectivity index (χ4n) is 7.41. The molecule has 5 amide bonds. The summed E-state index contributed by atoms with van der Waals surface area (Å²) in [6.45, 7) is -0.527. The monoisotopic (exact) mass is 1140 g/mol. The van der Waals surface area contributed by atoms with Gasteiger partial charge in [0.05, 0.1) is 41.2 Å². The summed E-state index contributed by atoms with van der Waals surface area (Å²) < 4.78 is 6.80. The number of pyridine rings is 1. The van der Waals surface area contributed by atoms with Gasteiger partial charge in [-0.05, 0) is 17.7 Å². The molecular weight excluding hydrogens is 1100 g/mol. The standard InChI is InChI=1S/C47H42N14O9S6/c1-48-33(63)13-25-42(49-2)71-12-11-32(62)59-47-60-36(30(76-47)16-70-3)40(67)50-14-34(64)58-37(38(65)22-7-5-4-6-8-22)45-56-29(19-74-45)44-54-27(17-73-44)35-23(41-55-28(18-72-41)39(66)53-25)9-10-24(52-35)43-57-31(20-75-43)61-15-26(46(68)69)51-21-61/h4-10,15,17-21,25,37-38,65H,11-14,16H2,1-3H3,(H,48,63)(H,50,67)(H,53,66)(H,58,64)(H,68,69)(H,59,60,62)/b49-42-/t25-,37-,38-/m0/s1. The summed E-state index contributed by atoms with van der Waals surface area (Å²) in [5, 5.41) is 43.9. The lowest BCUT2D eigenvalue weighted by Crippen LogP contribution is -2.43. The predicted octanol–water partition coefficient (Wildman–Crippen LogP) is 5.72. The molecule has 3 atom stereocenters. The first-order chi connectivity index (χ1) is 36.8. The van der Waals surface area contributed by atoms with Gasteiger partial charge in [0.15, 0.2) is 10.8 Å². The minimum atomic E-state index is -1.27. The van der Waals surface area contributed by atoms with Crippen molar-refractivity contribution in [3.05, 3.63) is 109 Å². The van der Waals surface area contributed by atoms with Gasteiger partial charge in [0.1, 0.15) is 72.8 Å². The van der Waals surface area contributed by atoms with Gasteiger partial charge in [-0.1, -0.05) is 41.7 Å². The molecule has 0 aliphatic carbocycles. The third-order valence-corrected chi connectivity index (χ3v) is 16.7.